The second-order valence-corrected chi connectivity index (χ2v) is 6.05. The van der Waals surface area contributed by atoms with Crippen molar-refractivity contribution in [3.8, 4) is 23.0 Å². The zero-order valence-corrected chi connectivity index (χ0v) is 16.4. The van der Waals surface area contributed by atoms with Gasteiger partial charge in [-0.2, -0.15) is 0 Å². The van der Waals surface area contributed by atoms with E-state index in [9.17, 15) is 14.4 Å². The largest absolute Gasteiger partial charge is 0.493 e. The van der Waals surface area contributed by atoms with Crippen LogP contribution in [0, 0.1) is 0 Å². The van der Waals surface area contributed by atoms with Crippen LogP contribution in [0.5, 0.6) is 23.0 Å². The predicted molar refractivity (Wildman–Crippen MR) is 107 cm³/mol. The molecule has 4 amide bonds. The highest BCUT2D eigenvalue weighted by molar-refractivity contribution is 6.31. The lowest BCUT2D eigenvalue weighted by atomic mass is 10.1. The molecule has 0 atom stereocenters. The highest BCUT2D eigenvalue weighted by Crippen LogP contribution is 2.29. The Bertz CT molecular complexity index is 979. The lowest BCUT2D eigenvalue weighted by Crippen LogP contribution is -2.51. The van der Waals surface area contributed by atoms with E-state index in [0.29, 0.717) is 28.6 Å². The first-order chi connectivity index (χ1) is 14.5. The SMILES string of the molecule is COc1ccccc1OCCOc1ccc(C=C2C(=O)NC(=O)NC2=O)cc1OC. The first-order valence-corrected chi connectivity index (χ1v) is 8.97. The molecule has 0 aliphatic carbocycles. The molecule has 3 rings (SSSR count). The molecular formula is C21H20N2O7. The third-order valence-electron chi connectivity index (χ3n) is 4.11. The van der Waals surface area contributed by atoms with E-state index in [2.05, 4.69) is 0 Å². The number of hydrogen-bond donors (Lipinski definition) is 2. The number of nitrogens with one attached hydrogen (secondary N) is 2. The molecule has 0 unspecified atom stereocenters. The number of benzene rings is 2. The quantitative estimate of drug-likeness (QED) is 0.387. The van der Waals surface area contributed by atoms with Gasteiger partial charge in [-0.3, -0.25) is 20.2 Å². The van der Waals surface area contributed by atoms with Crippen LogP contribution in [0.3, 0.4) is 0 Å². The Labute approximate surface area is 172 Å². The molecule has 2 aromatic rings. The molecule has 0 bridgehead atoms. The van der Waals surface area contributed by atoms with Crippen LogP contribution in [-0.2, 0) is 9.59 Å². The van der Waals surface area contributed by atoms with Crippen molar-refractivity contribution in [1.82, 2.24) is 10.6 Å². The van der Waals surface area contributed by atoms with Crippen molar-refractivity contribution in [3.63, 3.8) is 0 Å². The van der Waals surface area contributed by atoms with Crippen molar-refractivity contribution in [2.45, 2.75) is 0 Å². The van der Waals surface area contributed by atoms with Gasteiger partial charge < -0.3 is 18.9 Å². The fourth-order valence-corrected chi connectivity index (χ4v) is 2.71. The predicted octanol–water partition coefficient (Wildman–Crippen LogP) is 1.91. The number of imide groups is 2. The molecule has 1 heterocycles. The van der Waals surface area contributed by atoms with Gasteiger partial charge in [-0.15, -0.1) is 0 Å². The van der Waals surface area contributed by atoms with Gasteiger partial charge in [-0.1, -0.05) is 18.2 Å². The summed E-state index contributed by atoms with van der Waals surface area (Å²) in [5, 5.41) is 4.04. The number of ether oxygens (including phenoxy) is 4. The molecule has 156 valence electrons. The van der Waals surface area contributed by atoms with Gasteiger partial charge >= 0.3 is 6.03 Å². The average molecular weight is 412 g/mol. The smallest absolute Gasteiger partial charge is 0.328 e. The van der Waals surface area contributed by atoms with E-state index in [1.165, 1.54) is 13.2 Å². The normalized spacial score (nSPS) is 13.3. The first kappa shape index (κ1) is 20.7. The van der Waals surface area contributed by atoms with Crippen LogP contribution in [0.4, 0.5) is 4.79 Å². The van der Waals surface area contributed by atoms with Crippen molar-refractivity contribution in [2.75, 3.05) is 27.4 Å². The monoisotopic (exact) mass is 412 g/mol. The summed E-state index contributed by atoms with van der Waals surface area (Å²) < 4.78 is 21.9. The van der Waals surface area contributed by atoms with Gasteiger partial charge in [0.2, 0.25) is 0 Å². The summed E-state index contributed by atoms with van der Waals surface area (Å²) in [6.45, 7) is 0.533. The van der Waals surface area contributed by atoms with Gasteiger partial charge in [0.15, 0.2) is 23.0 Å². The Morgan fingerprint density at radius 1 is 0.767 bits per heavy atom. The van der Waals surface area contributed by atoms with Crippen molar-refractivity contribution in [2.24, 2.45) is 0 Å². The molecule has 1 aliphatic heterocycles. The topological polar surface area (TPSA) is 112 Å². The zero-order valence-electron chi connectivity index (χ0n) is 16.4. The maximum Gasteiger partial charge on any atom is 0.328 e. The molecule has 1 aliphatic rings. The number of urea groups is 1. The van der Waals surface area contributed by atoms with Gasteiger partial charge in [-0.05, 0) is 35.9 Å². The maximum atomic E-state index is 11.8. The van der Waals surface area contributed by atoms with E-state index in [-0.39, 0.29) is 18.8 Å². The third kappa shape index (κ3) is 4.88. The summed E-state index contributed by atoms with van der Waals surface area (Å²) in [5.74, 6) is 0.587. The lowest BCUT2D eigenvalue weighted by Gasteiger charge is -2.15. The molecule has 9 heteroatoms. The number of hydrogen-bond acceptors (Lipinski definition) is 7. The number of carbonyl (C=O) groups is 3. The minimum absolute atomic E-state index is 0.185. The molecule has 0 saturated carbocycles. The molecule has 0 aromatic heterocycles. The fourth-order valence-electron chi connectivity index (χ4n) is 2.71. The fraction of sp³-hybridized carbons (Fsp3) is 0.190. The number of rotatable bonds is 8. The minimum Gasteiger partial charge on any atom is -0.493 e. The van der Waals surface area contributed by atoms with Gasteiger partial charge in [-0.25, -0.2) is 4.79 Å². The van der Waals surface area contributed by atoms with Gasteiger partial charge in [0.05, 0.1) is 14.2 Å². The Morgan fingerprint density at radius 3 is 1.93 bits per heavy atom. The molecule has 0 spiro atoms. The number of methoxy groups -OCH3 is 2. The second-order valence-electron chi connectivity index (χ2n) is 6.05. The second kappa shape index (κ2) is 9.46. The number of barbiturate groups is 1. The molecule has 30 heavy (non-hydrogen) atoms. The van der Waals surface area contributed by atoms with E-state index < -0.39 is 17.8 Å². The minimum atomic E-state index is -0.848. The molecule has 1 fully saturated rings. The van der Waals surface area contributed by atoms with Crippen molar-refractivity contribution < 1.29 is 33.3 Å². The summed E-state index contributed by atoms with van der Waals surface area (Å²) >= 11 is 0. The highest BCUT2D eigenvalue weighted by atomic mass is 16.5. The van der Waals surface area contributed by atoms with Crippen molar-refractivity contribution >= 4 is 23.9 Å². The van der Waals surface area contributed by atoms with E-state index in [0.717, 1.165) is 0 Å². The molecule has 0 radical (unpaired) electrons. The number of para-hydroxylation sites is 2. The Morgan fingerprint density at radius 2 is 1.33 bits per heavy atom. The molecule has 1 saturated heterocycles. The molecular weight excluding hydrogens is 392 g/mol. The van der Waals surface area contributed by atoms with Gasteiger partial charge in [0.1, 0.15) is 18.8 Å². The standard InChI is InChI=1S/C21H20N2O7/c1-27-15-5-3-4-6-16(15)29-9-10-30-17-8-7-13(12-18(17)28-2)11-14-19(24)22-21(26)23-20(14)25/h3-8,11-12H,9-10H2,1-2H3,(H2,22,23,24,25,26). The van der Waals surface area contributed by atoms with Gasteiger partial charge in [0.25, 0.3) is 11.8 Å². The van der Waals surface area contributed by atoms with Crippen LogP contribution in [0.2, 0.25) is 0 Å². The van der Waals surface area contributed by atoms with Crippen molar-refractivity contribution in [3.05, 3.63) is 53.6 Å². The average Bonchev–Trinajstić information content (AvgIpc) is 2.74. The van der Waals surface area contributed by atoms with E-state index in [1.807, 2.05) is 22.8 Å². The van der Waals surface area contributed by atoms with Crippen LogP contribution in [-0.4, -0.2) is 45.3 Å². The number of amides is 4. The van der Waals surface area contributed by atoms with Crippen LogP contribution in [0.1, 0.15) is 5.56 Å². The Balaban J connectivity index is 1.64. The summed E-state index contributed by atoms with van der Waals surface area (Å²) in [4.78, 5) is 34.8. The van der Waals surface area contributed by atoms with Crippen LogP contribution in [0.15, 0.2) is 48.0 Å². The lowest BCUT2D eigenvalue weighted by molar-refractivity contribution is -0.123. The highest BCUT2D eigenvalue weighted by Gasteiger charge is 2.27. The Kier molecular flexibility index (Phi) is 6.53. The number of carbonyl (C=O) groups excluding carboxylic acids is 3. The van der Waals surface area contributed by atoms with Crippen LogP contribution >= 0.6 is 0 Å². The van der Waals surface area contributed by atoms with Crippen molar-refractivity contribution in [1.29, 1.82) is 0 Å². The summed E-state index contributed by atoms with van der Waals surface area (Å²) in [6.07, 6.45) is 1.36. The first-order valence-electron chi connectivity index (χ1n) is 8.97. The van der Waals surface area contributed by atoms with E-state index in [4.69, 9.17) is 18.9 Å². The molecule has 9 nitrogen and oxygen atoms in total. The van der Waals surface area contributed by atoms with Gasteiger partial charge in [0, 0.05) is 0 Å². The van der Waals surface area contributed by atoms with E-state index >= 15 is 0 Å². The summed E-state index contributed by atoms with van der Waals surface area (Å²) in [7, 11) is 3.04. The Hall–Kier alpha value is -4.01. The van der Waals surface area contributed by atoms with Crippen LogP contribution < -0.4 is 29.6 Å². The zero-order chi connectivity index (χ0) is 21.5. The van der Waals surface area contributed by atoms with Crippen LogP contribution in [0.25, 0.3) is 6.08 Å². The maximum absolute atomic E-state index is 11.8. The summed E-state index contributed by atoms with van der Waals surface area (Å²) in [6, 6.07) is 11.4. The summed E-state index contributed by atoms with van der Waals surface area (Å²) in [5.41, 5.74) is 0.342. The molecule has 2 aromatic carbocycles. The third-order valence-corrected chi connectivity index (χ3v) is 4.11. The van der Waals surface area contributed by atoms with E-state index in [1.54, 1.807) is 37.4 Å². The molecule has 2 N–H and O–H groups in total.